The maximum absolute atomic E-state index is 12.7. The van der Waals surface area contributed by atoms with E-state index in [2.05, 4.69) is 5.32 Å². The van der Waals surface area contributed by atoms with E-state index >= 15 is 0 Å². The molecule has 1 saturated heterocycles. The zero-order valence-electron chi connectivity index (χ0n) is 20.4. The Morgan fingerprint density at radius 2 is 1.37 bits per heavy atom. The molecule has 2 aromatic carbocycles. The van der Waals surface area contributed by atoms with Gasteiger partial charge in [0, 0.05) is 39.1 Å². The quantitative estimate of drug-likeness (QED) is 0.489. The molecule has 0 saturated carbocycles. The Balaban J connectivity index is 1.49. The highest BCUT2D eigenvalue weighted by Gasteiger charge is 2.25. The summed E-state index contributed by atoms with van der Waals surface area (Å²) in [7, 11) is -6.96. The third kappa shape index (κ3) is 6.91. The van der Waals surface area contributed by atoms with Gasteiger partial charge in [-0.1, -0.05) is 44.5 Å². The van der Waals surface area contributed by atoms with Crippen LogP contribution in [0.2, 0.25) is 0 Å². The minimum absolute atomic E-state index is 0.130. The average Bonchev–Trinajstić information content (AvgIpc) is 2.88. The maximum Gasteiger partial charge on any atom is 0.243 e. The number of hydrogen-bond donors (Lipinski definition) is 1. The van der Waals surface area contributed by atoms with Gasteiger partial charge in [-0.05, 0) is 54.7 Å². The van der Waals surface area contributed by atoms with E-state index in [-0.39, 0.29) is 22.1 Å². The monoisotopic (exact) mass is 521 g/mol. The van der Waals surface area contributed by atoms with E-state index in [1.807, 2.05) is 0 Å². The predicted octanol–water partition coefficient (Wildman–Crippen LogP) is 3.14. The fourth-order valence-corrected chi connectivity index (χ4v) is 7.10. The predicted molar refractivity (Wildman–Crippen MR) is 136 cm³/mol. The largest absolute Gasteiger partial charge is 0.352 e. The second-order valence-corrected chi connectivity index (χ2v) is 12.5. The summed E-state index contributed by atoms with van der Waals surface area (Å²) in [5.41, 5.74) is 1.70. The third-order valence-electron chi connectivity index (χ3n) is 6.27. The van der Waals surface area contributed by atoms with Crippen molar-refractivity contribution in [2.45, 2.75) is 62.3 Å². The van der Waals surface area contributed by atoms with E-state index in [0.717, 1.165) is 30.4 Å². The summed E-state index contributed by atoms with van der Waals surface area (Å²) >= 11 is 0. The second kappa shape index (κ2) is 12.1. The van der Waals surface area contributed by atoms with Gasteiger partial charge in [0.1, 0.15) is 0 Å². The Morgan fingerprint density at radius 1 is 0.829 bits per heavy atom. The summed E-state index contributed by atoms with van der Waals surface area (Å²) in [6.45, 7) is 5.88. The molecule has 192 valence electrons. The van der Waals surface area contributed by atoms with Crippen molar-refractivity contribution in [3.8, 4) is 0 Å². The molecule has 0 aromatic heterocycles. The first-order valence-corrected chi connectivity index (χ1v) is 15.0. The molecule has 1 aliphatic heterocycles. The Morgan fingerprint density at radius 3 is 1.94 bits per heavy atom. The van der Waals surface area contributed by atoms with Crippen molar-refractivity contribution in [3.63, 3.8) is 0 Å². The molecule has 0 atom stereocenters. The summed E-state index contributed by atoms with van der Waals surface area (Å²) in [6.07, 6.45) is 3.61. The van der Waals surface area contributed by atoms with Gasteiger partial charge in [-0.3, -0.25) is 4.79 Å². The average molecular weight is 522 g/mol. The number of aryl methyl sites for hydroxylation is 1. The number of hydrogen-bond acceptors (Lipinski definition) is 5. The summed E-state index contributed by atoms with van der Waals surface area (Å²) < 4.78 is 53.6. The van der Waals surface area contributed by atoms with Crippen LogP contribution in [0.5, 0.6) is 0 Å². The Hall–Kier alpha value is -2.27. The van der Waals surface area contributed by atoms with E-state index < -0.39 is 20.0 Å². The van der Waals surface area contributed by atoms with Crippen molar-refractivity contribution in [1.82, 2.24) is 13.9 Å². The van der Waals surface area contributed by atoms with Crippen LogP contribution in [0.1, 0.15) is 50.7 Å². The van der Waals surface area contributed by atoms with Crippen LogP contribution in [0.15, 0.2) is 58.3 Å². The van der Waals surface area contributed by atoms with Gasteiger partial charge < -0.3 is 5.32 Å². The number of carbonyl (C=O) groups excluding carboxylic acids is 1. The van der Waals surface area contributed by atoms with Gasteiger partial charge in [0.2, 0.25) is 26.0 Å². The highest BCUT2D eigenvalue weighted by atomic mass is 32.2. The number of nitrogens with zero attached hydrogens (tertiary/aromatic N) is 2. The molecule has 10 heteroatoms. The van der Waals surface area contributed by atoms with Gasteiger partial charge in [0.25, 0.3) is 0 Å². The van der Waals surface area contributed by atoms with E-state index in [9.17, 15) is 21.6 Å². The van der Waals surface area contributed by atoms with Crippen molar-refractivity contribution in [3.05, 3.63) is 59.7 Å². The van der Waals surface area contributed by atoms with E-state index in [1.165, 1.54) is 4.31 Å². The highest BCUT2D eigenvalue weighted by Crippen LogP contribution is 2.21. The molecule has 1 amide bonds. The number of sulfonamides is 2. The number of carbonyl (C=O) groups is 1. The first kappa shape index (κ1) is 27.3. The first-order valence-electron chi connectivity index (χ1n) is 12.1. The van der Waals surface area contributed by atoms with Crippen LogP contribution in [0, 0.1) is 0 Å². The number of rotatable bonds is 11. The number of benzene rings is 2. The van der Waals surface area contributed by atoms with Crippen LogP contribution < -0.4 is 5.32 Å². The van der Waals surface area contributed by atoms with Gasteiger partial charge in [0.05, 0.1) is 9.79 Å². The third-order valence-corrected chi connectivity index (χ3v) is 10.3. The minimum atomic E-state index is -3.49. The summed E-state index contributed by atoms with van der Waals surface area (Å²) in [5, 5.41) is 2.86. The van der Waals surface area contributed by atoms with Gasteiger partial charge in [0.15, 0.2) is 0 Å². The summed E-state index contributed by atoms with van der Waals surface area (Å²) in [5.74, 6) is -0.130. The lowest BCUT2D eigenvalue weighted by atomic mass is 10.1. The first-order chi connectivity index (χ1) is 16.7. The summed E-state index contributed by atoms with van der Waals surface area (Å²) in [4.78, 5) is 12.8. The van der Waals surface area contributed by atoms with Crippen LogP contribution in [-0.2, 0) is 37.8 Å². The fraction of sp³-hybridized carbons (Fsp3) is 0.480. The van der Waals surface area contributed by atoms with Crippen molar-refractivity contribution in [2.24, 2.45) is 0 Å². The molecule has 0 aliphatic carbocycles. The standard InChI is InChI=1S/C25H35N3O5S2/c1-3-27(4-2)34(30,31)23-13-8-21(9-14-23)12-17-25(29)26-20-22-10-15-24(16-11-22)35(32,33)28-18-6-5-7-19-28/h8-11,13-16H,3-7,12,17-20H2,1-2H3,(H,26,29). The lowest BCUT2D eigenvalue weighted by Crippen LogP contribution is -2.35. The Bertz CT molecular complexity index is 1180. The molecular formula is C25H35N3O5S2. The van der Waals surface area contributed by atoms with Crippen molar-refractivity contribution >= 4 is 26.0 Å². The molecule has 3 rings (SSSR count). The molecule has 1 heterocycles. The lowest BCUT2D eigenvalue weighted by molar-refractivity contribution is -0.121. The van der Waals surface area contributed by atoms with E-state index in [4.69, 9.17) is 0 Å². The highest BCUT2D eigenvalue weighted by molar-refractivity contribution is 7.89. The van der Waals surface area contributed by atoms with Gasteiger partial charge in [-0.25, -0.2) is 16.8 Å². The number of piperidine rings is 1. The minimum Gasteiger partial charge on any atom is -0.352 e. The van der Waals surface area contributed by atoms with Crippen LogP contribution in [-0.4, -0.2) is 57.5 Å². The lowest BCUT2D eigenvalue weighted by Gasteiger charge is -2.25. The van der Waals surface area contributed by atoms with Gasteiger partial charge in [-0.15, -0.1) is 0 Å². The zero-order chi connectivity index (χ0) is 25.5. The molecule has 0 bridgehead atoms. The normalized spacial score (nSPS) is 15.3. The number of amides is 1. The molecule has 0 radical (unpaired) electrons. The molecule has 1 fully saturated rings. The summed E-state index contributed by atoms with van der Waals surface area (Å²) in [6, 6.07) is 13.3. The molecule has 2 aromatic rings. The van der Waals surface area contributed by atoms with E-state index in [1.54, 1.807) is 66.7 Å². The van der Waals surface area contributed by atoms with Crippen LogP contribution in [0.3, 0.4) is 0 Å². The Kier molecular flexibility index (Phi) is 9.46. The van der Waals surface area contributed by atoms with Crippen LogP contribution >= 0.6 is 0 Å². The van der Waals surface area contributed by atoms with Crippen molar-refractivity contribution in [2.75, 3.05) is 26.2 Å². The van der Waals surface area contributed by atoms with Gasteiger partial charge in [-0.2, -0.15) is 8.61 Å². The zero-order valence-corrected chi connectivity index (χ0v) is 22.1. The molecule has 35 heavy (non-hydrogen) atoms. The van der Waals surface area contributed by atoms with Crippen molar-refractivity contribution in [1.29, 1.82) is 0 Å². The maximum atomic E-state index is 12.7. The number of nitrogens with one attached hydrogen (secondary N) is 1. The van der Waals surface area contributed by atoms with Crippen LogP contribution in [0.25, 0.3) is 0 Å². The van der Waals surface area contributed by atoms with Gasteiger partial charge >= 0.3 is 0 Å². The molecule has 1 N–H and O–H groups in total. The molecule has 0 unspecified atom stereocenters. The smallest absolute Gasteiger partial charge is 0.243 e. The molecular weight excluding hydrogens is 486 g/mol. The fourth-order valence-electron chi connectivity index (χ4n) is 4.12. The van der Waals surface area contributed by atoms with Crippen molar-refractivity contribution < 1.29 is 21.6 Å². The molecule has 0 spiro atoms. The SMILES string of the molecule is CCN(CC)S(=O)(=O)c1ccc(CCC(=O)NCc2ccc(S(=O)(=O)N3CCCCC3)cc2)cc1. The van der Waals surface area contributed by atoms with Crippen LogP contribution in [0.4, 0.5) is 0 Å². The molecule has 1 aliphatic rings. The van der Waals surface area contributed by atoms with E-state index in [0.29, 0.717) is 39.1 Å². The topological polar surface area (TPSA) is 104 Å². The second-order valence-electron chi connectivity index (χ2n) is 8.62. The molecule has 8 nitrogen and oxygen atoms in total. The Labute approximate surface area is 209 Å².